The van der Waals surface area contributed by atoms with Crippen LogP contribution in [-0.4, -0.2) is 65.2 Å². The van der Waals surface area contributed by atoms with Crippen molar-refractivity contribution in [3.8, 4) is 0 Å². The van der Waals surface area contributed by atoms with Gasteiger partial charge in [-0.25, -0.2) is 8.78 Å². The molecule has 0 amide bonds. The van der Waals surface area contributed by atoms with Crippen LogP contribution in [0.15, 0.2) is 0 Å². The SMILES string of the molecule is CN1CCC(N2CC(F)(F)C[C@@H]2C(C)(C)O)CC1. The fraction of sp³-hybridized carbons (Fsp3) is 1.00. The predicted octanol–water partition coefficient (Wildman–Crippen LogP) is 1.56. The van der Waals surface area contributed by atoms with Crippen LogP contribution in [0, 0.1) is 0 Å². The first kappa shape index (κ1) is 14.2. The average Bonchev–Trinajstić information content (AvgIpc) is 2.55. The van der Waals surface area contributed by atoms with Crippen LogP contribution in [0.4, 0.5) is 8.78 Å². The molecule has 0 saturated carbocycles. The van der Waals surface area contributed by atoms with Crippen LogP contribution in [-0.2, 0) is 0 Å². The van der Waals surface area contributed by atoms with E-state index in [1.165, 1.54) is 0 Å². The summed E-state index contributed by atoms with van der Waals surface area (Å²) in [5, 5.41) is 10.1. The second-order valence-electron chi connectivity index (χ2n) is 6.44. The molecule has 1 atom stereocenters. The van der Waals surface area contributed by atoms with Gasteiger partial charge in [0.15, 0.2) is 0 Å². The summed E-state index contributed by atoms with van der Waals surface area (Å²) in [4.78, 5) is 4.08. The van der Waals surface area contributed by atoms with Crippen molar-refractivity contribution < 1.29 is 13.9 Å². The van der Waals surface area contributed by atoms with Crippen LogP contribution in [0.25, 0.3) is 0 Å². The Morgan fingerprint density at radius 2 is 1.78 bits per heavy atom. The normalized spacial score (nSPS) is 32.0. The maximum Gasteiger partial charge on any atom is 0.262 e. The minimum atomic E-state index is -2.66. The van der Waals surface area contributed by atoms with Crippen LogP contribution in [0.1, 0.15) is 33.1 Å². The molecule has 1 N–H and O–H groups in total. The molecular weight excluding hydrogens is 238 g/mol. The van der Waals surface area contributed by atoms with E-state index in [2.05, 4.69) is 11.9 Å². The molecule has 106 valence electrons. The first-order valence-corrected chi connectivity index (χ1v) is 6.73. The number of nitrogens with zero attached hydrogens (tertiary/aromatic N) is 2. The minimum absolute atomic E-state index is 0.186. The number of piperidine rings is 1. The molecule has 18 heavy (non-hydrogen) atoms. The molecule has 3 nitrogen and oxygen atoms in total. The zero-order chi connectivity index (χ0) is 13.6. The lowest BCUT2D eigenvalue weighted by atomic mass is 9.93. The van der Waals surface area contributed by atoms with Gasteiger partial charge in [0.2, 0.25) is 0 Å². The van der Waals surface area contributed by atoms with Crippen molar-refractivity contribution in [2.75, 3.05) is 26.7 Å². The Bertz CT molecular complexity index is 296. The fourth-order valence-corrected chi connectivity index (χ4v) is 3.21. The highest BCUT2D eigenvalue weighted by molar-refractivity contribution is 5.01. The molecule has 0 aliphatic carbocycles. The zero-order valence-corrected chi connectivity index (χ0v) is 11.5. The maximum atomic E-state index is 13.6. The highest BCUT2D eigenvalue weighted by Crippen LogP contribution is 2.39. The van der Waals surface area contributed by atoms with E-state index in [0.717, 1.165) is 25.9 Å². The molecule has 0 bridgehead atoms. The molecule has 2 aliphatic heterocycles. The van der Waals surface area contributed by atoms with Crippen LogP contribution < -0.4 is 0 Å². The second kappa shape index (κ2) is 4.69. The third kappa shape index (κ3) is 3.00. The molecule has 2 fully saturated rings. The van der Waals surface area contributed by atoms with Gasteiger partial charge < -0.3 is 10.0 Å². The van der Waals surface area contributed by atoms with E-state index in [-0.39, 0.29) is 19.0 Å². The van der Waals surface area contributed by atoms with Crippen LogP contribution in [0.2, 0.25) is 0 Å². The smallest absolute Gasteiger partial charge is 0.262 e. The molecule has 0 radical (unpaired) electrons. The van der Waals surface area contributed by atoms with E-state index < -0.39 is 17.6 Å². The molecular formula is C13H24F2N2O. The first-order valence-electron chi connectivity index (χ1n) is 6.73. The summed E-state index contributed by atoms with van der Waals surface area (Å²) >= 11 is 0. The summed E-state index contributed by atoms with van der Waals surface area (Å²) in [6, 6.07) is -0.244. The Kier molecular flexibility index (Phi) is 3.69. The molecule has 0 spiro atoms. The van der Waals surface area contributed by atoms with Gasteiger partial charge >= 0.3 is 0 Å². The Labute approximate surface area is 108 Å². The van der Waals surface area contributed by atoms with Crippen molar-refractivity contribution in [1.29, 1.82) is 0 Å². The molecule has 0 unspecified atom stereocenters. The third-order valence-corrected chi connectivity index (χ3v) is 4.28. The Balaban J connectivity index is 2.09. The molecule has 2 aliphatic rings. The van der Waals surface area contributed by atoms with Gasteiger partial charge in [-0.3, -0.25) is 4.90 Å². The summed E-state index contributed by atoms with van der Waals surface area (Å²) in [5.41, 5.74) is -1.07. The fourth-order valence-electron chi connectivity index (χ4n) is 3.21. The summed E-state index contributed by atoms with van der Waals surface area (Å²) < 4.78 is 27.3. The number of halogens is 2. The number of alkyl halides is 2. The van der Waals surface area contributed by atoms with Gasteiger partial charge in [0.1, 0.15) is 0 Å². The monoisotopic (exact) mass is 262 g/mol. The van der Waals surface area contributed by atoms with Crippen molar-refractivity contribution >= 4 is 0 Å². The first-order chi connectivity index (χ1) is 8.19. The lowest BCUT2D eigenvalue weighted by Gasteiger charge is -2.41. The third-order valence-electron chi connectivity index (χ3n) is 4.28. The van der Waals surface area contributed by atoms with Gasteiger partial charge in [0.25, 0.3) is 5.92 Å². The van der Waals surface area contributed by atoms with Crippen molar-refractivity contribution in [1.82, 2.24) is 9.80 Å². The van der Waals surface area contributed by atoms with E-state index in [1.807, 2.05) is 4.90 Å². The average molecular weight is 262 g/mol. The number of aliphatic hydroxyl groups is 1. The lowest BCUT2D eigenvalue weighted by Crippen LogP contribution is -2.52. The molecule has 2 saturated heterocycles. The van der Waals surface area contributed by atoms with Crippen molar-refractivity contribution in [3.63, 3.8) is 0 Å². The molecule has 5 heteroatoms. The Morgan fingerprint density at radius 1 is 1.22 bits per heavy atom. The maximum absolute atomic E-state index is 13.6. The molecule has 0 aromatic heterocycles. The van der Waals surface area contributed by atoms with Gasteiger partial charge in [-0.2, -0.15) is 0 Å². The summed E-state index contributed by atoms with van der Waals surface area (Å²) in [7, 11) is 2.06. The van der Waals surface area contributed by atoms with Gasteiger partial charge in [0, 0.05) is 18.5 Å². The van der Waals surface area contributed by atoms with Crippen LogP contribution in [0.5, 0.6) is 0 Å². The van der Waals surface area contributed by atoms with E-state index >= 15 is 0 Å². The molecule has 2 rings (SSSR count). The quantitative estimate of drug-likeness (QED) is 0.818. The van der Waals surface area contributed by atoms with Crippen molar-refractivity contribution in [3.05, 3.63) is 0 Å². The largest absolute Gasteiger partial charge is 0.389 e. The number of rotatable bonds is 2. The van der Waals surface area contributed by atoms with Crippen LogP contribution in [0.3, 0.4) is 0 Å². The summed E-state index contributed by atoms with van der Waals surface area (Å²) in [6.07, 6.45) is 1.61. The second-order valence-corrected chi connectivity index (χ2v) is 6.44. The predicted molar refractivity (Wildman–Crippen MR) is 66.9 cm³/mol. The van der Waals surface area contributed by atoms with Gasteiger partial charge in [0.05, 0.1) is 12.1 Å². The molecule has 0 aromatic carbocycles. The highest BCUT2D eigenvalue weighted by atomic mass is 19.3. The van der Waals surface area contributed by atoms with Gasteiger partial charge in [-0.1, -0.05) is 0 Å². The summed E-state index contributed by atoms with van der Waals surface area (Å²) in [5.74, 6) is -2.66. The highest BCUT2D eigenvalue weighted by Gasteiger charge is 2.52. The standard InChI is InChI=1S/C13H24F2N2O/c1-12(2,18)11-8-13(14,15)9-17(11)10-4-6-16(3)7-5-10/h10-11,18H,4-9H2,1-3H3/t11-/m1/s1. The Hall–Kier alpha value is -0.260. The van der Waals surface area contributed by atoms with E-state index in [9.17, 15) is 13.9 Å². The van der Waals surface area contributed by atoms with Crippen LogP contribution >= 0.6 is 0 Å². The van der Waals surface area contributed by atoms with Gasteiger partial charge in [-0.15, -0.1) is 0 Å². The van der Waals surface area contributed by atoms with E-state index in [0.29, 0.717) is 0 Å². The van der Waals surface area contributed by atoms with Crippen molar-refractivity contribution in [2.24, 2.45) is 0 Å². The van der Waals surface area contributed by atoms with E-state index in [4.69, 9.17) is 0 Å². The number of hydrogen-bond donors (Lipinski definition) is 1. The summed E-state index contributed by atoms with van der Waals surface area (Å²) in [6.45, 7) is 4.98. The number of likely N-dealkylation sites (tertiary alicyclic amines) is 2. The van der Waals surface area contributed by atoms with E-state index in [1.54, 1.807) is 13.8 Å². The number of hydrogen-bond acceptors (Lipinski definition) is 3. The van der Waals surface area contributed by atoms with Gasteiger partial charge in [-0.05, 0) is 46.8 Å². The van der Waals surface area contributed by atoms with Crippen molar-refractivity contribution in [2.45, 2.75) is 56.7 Å². The Morgan fingerprint density at radius 3 is 2.28 bits per heavy atom. The zero-order valence-electron chi connectivity index (χ0n) is 11.5. The molecule has 2 heterocycles. The lowest BCUT2D eigenvalue weighted by molar-refractivity contribution is -0.0258. The topological polar surface area (TPSA) is 26.7 Å². The molecule has 0 aromatic rings. The minimum Gasteiger partial charge on any atom is -0.389 e.